The lowest BCUT2D eigenvalue weighted by atomic mass is 9.83. The van der Waals surface area contributed by atoms with Crippen molar-refractivity contribution in [3.05, 3.63) is 41.7 Å². The molecule has 2 aromatic rings. The molecular weight excluding hydrogens is 437 g/mol. The first-order valence-corrected chi connectivity index (χ1v) is 10.3. The van der Waals surface area contributed by atoms with E-state index in [4.69, 9.17) is 0 Å². The van der Waals surface area contributed by atoms with E-state index in [9.17, 15) is 28.0 Å². The van der Waals surface area contributed by atoms with Gasteiger partial charge in [-0.15, -0.1) is 0 Å². The molecule has 2 amide bonds. The summed E-state index contributed by atoms with van der Waals surface area (Å²) in [6, 6.07) is 6.09. The number of pyridine rings is 2. The number of halogens is 3. The number of amides is 2. The lowest BCUT2D eigenvalue weighted by Gasteiger charge is -2.21. The van der Waals surface area contributed by atoms with Crippen LogP contribution in [0.3, 0.4) is 0 Å². The van der Waals surface area contributed by atoms with E-state index >= 15 is 0 Å². The van der Waals surface area contributed by atoms with Crippen LogP contribution in [-0.4, -0.2) is 47.3 Å². The SMILES string of the molecule is CN(C)C(=O)c1cnc(Nc2cc(N3CC[C@@](C#N)(C4CC4)C3=O)ccn2)cc1C(F)(F)F. The minimum absolute atomic E-state index is 0.0767. The van der Waals surface area contributed by atoms with Crippen molar-refractivity contribution >= 4 is 29.1 Å². The van der Waals surface area contributed by atoms with Crippen LogP contribution in [0.2, 0.25) is 0 Å². The molecule has 1 saturated carbocycles. The second kappa shape index (κ2) is 8.03. The van der Waals surface area contributed by atoms with Gasteiger partial charge in [0.2, 0.25) is 5.91 Å². The Hall–Kier alpha value is -3.68. The van der Waals surface area contributed by atoms with Crippen molar-refractivity contribution in [1.82, 2.24) is 14.9 Å². The highest BCUT2D eigenvalue weighted by atomic mass is 19.4. The highest BCUT2D eigenvalue weighted by molar-refractivity contribution is 6.02. The standard InChI is InChI=1S/C22H21F3N6O2/c1-30(2)19(32)15-11-28-18(10-16(15)22(23,24)25)29-17-9-14(5-7-27-17)31-8-6-21(12-26,20(31)33)13-3-4-13/h5,7,9-11,13H,3-4,6,8H2,1-2H3,(H,27,28,29)/t21-/m1/s1. The van der Waals surface area contributed by atoms with Crippen LogP contribution in [0, 0.1) is 22.7 Å². The Morgan fingerprint density at radius 3 is 2.58 bits per heavy atom. The molecule has 2 fully saturated rings. The first kappa shape index (κ1) is 22.5. The maximum atomic E-state index is 13.6. The summed E-state index contributed by atoms with van der Waals surface area (Å²) in [5.41, 5.74) is -2.19. The molecular formula is C22H21F3N6O2. The summed E-state index contributed by atoms with van der Waals surface area (Å²) >= 11 is 0. The summed E-state index contributed by atoms with van der Waals surface area (Å²) in [7, 11) is 2.71. The molecule has 172 valence electrons. The maximum Gasteiger partial charge on any atom is 0.417 e. The van der Waals surface area contributed by atoms with Gasteiger partial charge < -0.3 is 15.1 Å². The van der Waals surface area contributed by atoms with Crippen molar-refractivity contribution in [2.75, 3.05) is 30.9 Å². The average molecular weight is 458 g/mol. The molecule has 3 heterocycles. The van der Waals surface area contributed by atoms with Gasteiger partial charge in [0.05, 0.1) is 17.2 Å². The fourth-order valence-electron chi connectivity index (χ4n) is 4.09. The molecule has 8 nitrogen and oxygen atoms in total. The van der Waals surface area contributed by atoms with E-state index in [-0.39, 0.29) is 23.5 Å². The van der Waals surface area contributed by atoms with Crippen LogP contribution in [0.15, 0.2) is 30.6 Å². The van der Waals surface area contributed by atoms with Gasteiger partial charge >= 0.3 is 6.18 Å². The second-order valence-electron chi connectivity index (χ2n) is 8.40. The summed E-state index contributed by atoms with van der Waals surface area (Å²) in [4.78, 5) is 35.7. The largest absolute Gasteiger partial charge is 0.417 e. The van der Waals surface area contributed by atoms with Crippen molar-refractivity contribution < 1.29 is 22.8 Å². The number of nitrogens with one attached hydrogen (secondary N) is 1. The zero-order valence-corrected chi connectivity index (χ0v) is 18.0. The van der Waals surface area contributed by atoms with Gasteiger partial charge in [-0.2, -0.15) is 18.4 Å². The molecule has 33 heavy (non-hydrogen) atoms. The molecule has 11 heteroatoms. The predicted molar refractivity (Wildman–Crippen MR) is 113 cm³/mol. The molecule has 0 bridgehead atoms. The van der Waals surface area contributed by atoms with Gasteiger partial charge in [-0.25, -0.2) is 9.97 Å². The van der Waals surface area contributed by atoms with Gasteiger partial charge in [-0.05, 0) is 37.3 Å². The monoisotopic (exact) mass is 458 g/mol. The number of hydrogen-bond donors (Lipinski definition) is 1. The molecule has 0 spiro atoms. The summed E-state index contributed by atoms with van der Waals surface area (Å²) in [5, 5.41) is 12.4. The number of hydrogen-bond acceptors (Lipinski definition) is 6. The van der Waals surface area contributed by atoms with Gasteiger partial charge in [0.1, 0.15) is 17.1 Å². The van der Waals surface area contributed by atoms with Crippen molar-refractivity contribution in [1.29, 1.82) is 5.26 Å². The van der Waals surface area contributed by atoms with Gasteiger partial charge in [-0.3, -0.25) is 9.59 Å². The van der Waals surface area contributed by atoms with Crippen LogP contribution in [0.25, 0.3) is 0 Å². The third-order valence-electron chi connectivity index (χ3n) is 5.99. The second-order valence-corrected chi connectivity index (χ2v) is 8.40. The molecule has 1 saturated heterocycles. The van der Waals surface area contributed by atoms with Crippen LogP contribution in [0.4, 0.5) is 30.5 Å². The lowest BCUT2D eigenvalue weighted by molar-refractivity contribution is -0.138. The number of rotatable bonds is 5. The summed E-state index contributed by atoms with van der Waals surface area (Å²) in [6.45, 7) is 0.379. The normalized spacial score (nSPS) is 20.5. The Morgan fingerprint density at radius 1 is 1.27 bits per heavy atom. The number of aromatic nitrogens is 2. The van der Waals surface area contributed by atoms with Gasteiger partial charge in [-0.1, -0.05) is 0 Å². The first-order valence-electron chi connectivity index (χ1n) is 10.3. The highest BCUT2D eigenvalue weighted by Gasteiger charge is 2.56. The number of carbonyl (C=O) groups is 2. The van der Waals surface area contributed by atoms with E-state index in [2.05, 4.69) is 21.4 Å². The quantitative estimate of drug-likeness (QED) is 0.735. The van der Waals surface area contributed by atoms with E-state index in [1.54, 1.807) is 6.07 Å². The number of alkyl halides is 3. The molecule has 4 rings (SSSR count). The molecule has 1 aliphatic heterocycles. The molecule has 0 radical (unpaired) electrons. The fourth-order valence-corrected chi connectivity index (χ4v) is 4.09. The van der Waals surface area contributed by atoms with E-state index in [1.165, 1.54) is 31.3 Å². The fraction of sp³-hybridized carbons (Fsp3) is 0.409. The summed E-state index contributed by atoms with van der Waals surface area (Å²) < 4.78 is 40.7. The zero-order chi connectivity index (χ0) is 24.0. The number of nitriles is 1. The van der Waals surface area contributed by atoms with Crippen molar-refractivity contribution in [3.8, 4) is 6.07 Å². The smallest absolute Gasteiger partial charge is 0.345 e. The van der Waals surface area contributed by atoms with Crippen LogP contribution in [0.5, 0.6) is 0 Å². The average Bonchev–Trinajstić information content (AvgIpc) is 3.56. The molecule has 2 aromatic heterocycles. The Bertz CT molecular complexity index is 1160. The zero-order valence-electron chi connectivity index (χ0n) is 18.0. The lowest BCUT2D eigenvalue weighted by Crippen LogP contribution is -2.35. The molecule has 1 atom stereocenters. The van der Waals surface area contributed by atoms with E-state index in [0.717, 1.165) is 30.0 Å². The van der Waals surface area contributed by atoms with Crippen molar-refractivity contribution in [3.63, 3.8) is 0 Å². The van der Waals surface area contributed by atoms with Gasteiger partial charge in [0.25, 0.3) is 5.91 Å². The van der Waals surface area contributed by atoms with Crippen molar-refractivity contribution in [2.45, 2.75) is 25.4 Å². The Labute approximate surface area is 188 Å². The van der Waals surface area contributed by atoms with Crippen LogP contribution < -0.4 is 10.2 Å². The molecule has 0 aromatic carbocycles. The van der Waals surface area contributed by atoms with Crippen LogP contribution in [-0.2, 0) is 11.0 Å². The number of nitrogens with zero attached hydrogens (tertiary/aromatic N) is 5. The Morgan fingerprint density at radius 2 is 1.97 bits per heavy atom. The maximum absolute atomic E-state index is 13.6. The van der Waals surface area contributed by atoms with E-state index in [1.807, 2.05) is 0 Å². The minimum Gasteiger partial charge on any atom is -0.345 e. The number of anilines is 3. The predicted octanol–water partition coefficient (Wildman–Crippen LogP) is 3.60. The summed E-state index contributed by atoms with van der Waals surface area (Å²) in [6.07, 6.45) is -0.316. The minimum atomic E-state index is -4.76. The third-order valence-corrected chi connectivity index (χ3v) is 5.99. The molecule has 2 aliphatic rings. The topological polar surface area (TPSA) is 102 Å². The van der Waals surface area contributed by atoms with Gasteiger partial charge in [0, 0.05) is 44.8 Å². The van der Waals surface area contributed by atoms with Crippen LogP contribution in [0.1, 0.15) is 35.2 Å². The molecule has 1 aliphatic carbocycles. The highest BCUT2D eigenvalue weighted by Crippen LogP contribution is 2.52. The number of carbonyl (C=O) groups excluding carboxylic acids is 2. The molecule has 1 N–H and O–H groups in total. The summed E-state index contributed by atoms with van der Waals surface area (Å²) in [5.74, 6) is -0.972. The molecule has 0 unspecified atom stereocenters. The van der Waals surface area contributed by atoms with E-state index in [0.29, 0.717) is 18.7 Å². The van der Waals surface area contributed by atoms with Gasteiger partial charge in [0.15, 0.2) is 0 Å². The first-order chi connectivity index (χ1) is 15.6. The Kier molecular flexibility index (Phi) is 5.47. The van der Waals surface area contributed by atoms with Crippen LogP contribution >= 0.6 is 0 Å². The Balaban J connectivity index is 1.60. The third kappa shape index (κ3) is 4.08. The van der Waals surface area contributed by atoms with Crippen molar-refractivity contribution in [2.24, 2.45) is 11.3 Å². The van der Waals surface area contributed by atoms with E-state index < -0.39 is 28.6 Å².